The molecule has 11 heteroatoms. The number of carbonyl (C=O) groups excluding carboxylic acids is 1. The monoisotopic (exact) mass is 611 g/mol. The third-order valence-corrected chi connectivity index (χ3v) is 8.56. The summed E-state index contributed by atoms with van der Waals surface area (Å²) >= 11 is 0. The topological polar surface area (TPSA) is 115 Å². The van der Waals surface area contributed by atoms with Crippen LogP contribution in [-0.4, -0.2) is 69.4 Å². The van der Waals surface area contributed by atoms with Crippen LogP contribution in [0.1, 0.15) is 58.1 Å². The van der Waals surface area contributed by atoms with Crippen LogP contribution in [-0.2, 0) is 4.74 Å². The first-order valence-corrected chi connectivity index (χ1v) is 15.6. The highest BCUT2D eigenvalue weighted by atomic mass is 16.6. The van der Waals surface area contributed by atoms with Gasteiger partial charge in [-0.05, 0) is 75.9 Å². The fourth-order valence-corrected chi connectivity index (χ4v) is 6.23. The molecule has 1 aromatic carbocycles. The second-order valence-corrected chi connectivity index (χ2v) is 12.8. The smallest absolute Gasteiger partial charge is 0.410 e. The highest BCUT2D eigenvalue weighted by Crippen LogP contribution is 2.34. The molecule has 11 nitrogen and oxygen atoms in total. The quantitative estimate of drug-likeness (QED) is 0.277. The number of benzene rings is 1. The molecule has 1 saturated heterocycles. The van der Waals surface area contributed by atoms with Crippen LogP contribution in [0.3, 0.4) is 0 Å². The van der Waals surface area contributed by atoms with Gasteiger partial charge >= 0.3 is 6.09 Å². The molecule has 1 N–H and O–H groups in total. The van der Waals surface area contributed by atoms with E-state index < -0.39 is 5.60 Å². The number of nitrogens with zero attached hydrogens (tertiary/aromatic N) is 6. The van der Waals surface area contributed by atoms with E-state index in [4.69, 9.17) is 14.5 Å². The number of anilines is 3. The Morgan fingerprint density at radius 3 is 2.29 bits per heavy atom. The van der Waals surface area contributed by atoms with Gasteiger partial charge in [0.15, 0.2) is 0 Å². The first-order chi connectivity index (χ1) is 21.6. The zero-order chi connectivity index (χ0) is 31.7. The van der Waals surface area contributed by atoms with Crippen LogP contribution >= 0.6 is 0 Å². The molecule has 6 rings (SSSR count). The van der Waals surface area contributed by atoms with Gasteiger partial charge in [0.2, 0.25) is 5.95 Å². The number of fused-ring (bicyclic) bond motifs is 1. The molecule has 2 fully saturated rings. The van der Waals surface area contributed by atoms with Gasteiger partial charge in [-0.3, -0.25) is 9.36 Å². The zero-order valence-corrected chi connectivity index (χ0v) is 26.7. The number of hydrogen-bond acceptors (Lipinski definition) is 9. The molecule has 1 aliphatic carbocycles. The minimum Gasteiger partial charge on any atom is -0.497 e. The Morgan fingerprint density at radius 2 is 1.67 bits per heavy atom. The van der Waals surface area contributed by atoms with Crippen molar-refractivity contribution in [1.82, 2.24) is 24.4 Å². The maximum absolute atomic E-state index is 14.1. The van der Waals surface area contributed by atoms with E-state index in [9.17, 15) is 9.59 Å². The second kappa shape index (κ2) is 12.4. The second-order valence-electron chi connectivity index (χ2n) is 12.8. The molecular formula is C34H41N7O4. The number of nitrogens with one attached hydrogen (secondary N) is 1. The molecule has 0 spiro atoms. The van der Waals surface area contributed by atoms with E-state index in [0.29, 0.717) is 49.2 Å². The molecule has 2 aliphatic rings. The number of piperazine rings is 1. The van der Waals surface area contributed by atoms with Gasteiger partial charge in [0.1, 0.15) is 22.8 Å². The Labute approximate surface area is 263 Å². The summed E-state index contributed by atoms with van der Waals surface area (Å²) in [6.07, 6.45) is 7.41. The summed E-state index contributed by atoms with van der Waals surface area (Å²) in [6.45, 7) is 10.1. The number of carbonyl (C=O) groups is 1. The van der Waals surface area contributed by atoms with Crippen LogP contribution in [0.4, 0.5) is 22.2 Å². The Bertz CT molecular complexity index is 1730. The van der Waals surface area contributed by atoms with Gasteiger partial charge in [-0.1, -0.05) is 25.0 Å². The lowest BCUT2D eigenvalue weighted by atomic mass is 9.99. The third-order valence-electron chi connectivity index (χ3n) is 8.56. The molecular weight excluding hydrogens is 570 g/mol. The van der Waals surface area contributed by atoms with Crippen molar-refractivity contribution < 1.29 is 14.3 Å². The highest BCUT2D eigenvalue weighted by molar-refractivity contribution is 5.87. The number of rotatable bonds is 6. The molecule has 0 atom stereocenters. The van der Waals surface area contributed by atoms with Crippen molar-refractivity contribution >= 4 is 34.6 Å². The number of amides is 1. The van der Waals surface area contributed by atoms with Crippen LogP contribution in [0, 0.1) is 6.92 Å². The molecule has 3 aromatic heterocycles. The van der Waals surface area contributed by atoms with Crippen LogP contribution in [0.15, 0.2) is 53.6 Å². The molecule has 4 heterocycles. The first kappa shape index (κ1) is 30.4. The fourth-order valence-electron chi connectivity index (χ4n) is 6.23. The minimum absolute atomic E-state index is 0.0315. The number of aryl methyl sites for hydroxylation is 1. The van der Waals surface area contributed by atoms with E-state index in [1.807, 2.05) is 74.9 Å². The lowest BCUT2D eigenvalue weighted by molar-refractivity contribution is 0.0240. The zero-order valence-electron chi connectivity index (χ0n) is 26.7. The Balaban J connectivity index is 1.23. The average Bonchev–Trinajstić information content (AvgIpc) is 3.56. The summed E-state index contributed by atoms with van der Waals surface area (Å²) in [5.74, 6) is 1.73. The molecule has 1 aliphatic heterocycles. The van der Waals surface area contributed by atoms with E-state index in [1.165, 1.54) is 0 Å². The number of pyridine rings is 2. The Hall–Kier alpha value is -4.67. The van der Waals surface area contributed by atoms with Crippen molar-refractivity contribution in [2.24, 2.45) is 0 Å². The van der Waals surface area contributed by atoms with Crippen LogP contribution < -0.4 is 20.5 Å². The van der Waals surface area contributed by atoms with Crippen molar-refractivity contribution in [1.29, 1.82) is 0 Å². The number of aromatic nitrogens is 4. The van der Waals surface area contributed by atoms with Gasteiger partial charge in [-0.15, -0.1) is 0 Å². The van der Waals surface area contributed by atoms with Crippen LogP contribution in [0.2, 0.25) is 0 Å². The molecule has 45 heavy (non-hydrogen) atoms. The van der Waals surface area contributed by atoms with E-state index >= 15 is 0 Å². The molecule has 1 amide bonds. The molecule has 4 aromatic rings. The summed E-state index contributed by atoms with van der Waals surface area (Å²) in [6, 6.07) is 11.6. The lowest BCUT2D eigenvalue weighted by Gasteiger charge is -2.36. The summed E-state index contributed by atoms with van der Waals surface area (Å²) in [4.78, 5) is 44.6. The summed E-state index contributed by atoms with van der Waals surface area (Å²) < 4.78 is 12.7. The van der Waals surface area contributed by atoms with E-state index in [0.717, 1.165) is 53.6 Å². The van der Waals surface area contributed by atoms with Gasteiger partial charge in [0.25, 0.3) is 5.56 Å². The standard InChI is InChI=1S/C34H41N7O4/c1-22-27-21-36-32(37-28-15-12-25(20-35-28)39-16-18-40(19-17-39)33(43)45-34(2,3)4)38-30(27)41(24-8-6-7-9-24)31(42)29(22)23-10-13-26(44-5)14-11-23/h10-15,20-21,24H,6-9,16-19H2,1-5H3,(H,35,36,37,38). The molecule has 0 radical (unpaired) electrons. The van der Waals surface area contributed by atoms with Crippen LogP contribution in [0.5, 0.6) is 5.75 Å². The minimum atomic E-state index is -0.511. The van der Waals surface area contributed by atoms with E-state index in [2.05, 4.69) is 20.2 Å². The highest BCUT2D eigenvalue weighted by Gasteiger charge is 2.27. The summed E-state index contributed by atoms with van der Waals surface area (Å²) in [5, 5.41) is 4.09. The average molecular weight is 612 g/mol. The van der Waals surface area contributed by atoms with Gasteiger partial charge in [0, 0.05) is 43.8 Å². The van der Waals surface area contributed by atoms with E-state index in [-0.39, 0.29) is 17.7 Å². The van der Waals surface area contributed by atoms with Crippen LogP contribution in [0.25, 0.3) is 22.2 Å². The van der Waals surface area contributed by atoms with Crippen molar-refractivity contribution in [2.45, 2.75) is 65.0 Å². The normalized spacial score (nSPS) is 15.8. The maximum atomic E-state index is 14.1. The predicted octanol–water partition coefficient (Wildman–Crippen LogP) is 6.09. The largest absolute Gasteiger partial charge is 0.497 e. The molecule has 236 valence electrons. The van der Waals surface area contributed by atoms with Gasteiger partial charge in [-0.25, -0.2) is 14.8 Å². The molecule has 0 bridgehead atoms. The van der Waals surface area contributed by atoms with Gasteiger partial charge in [-0.2, -0.15) is 4.98 Å². The maximum Gasteiger partial charge on any atom is 0.410 e. The number of ether oxygens (including phenoxy) is 2. The third kappa shape index (κ3) is 6.43. The van der Waals surface area contributed by atoms with Gasteiger partial charge < -0.3 is 24.6 Å². The van der Waals surface area contributed by atoms with Crippen molar-refractivity contribution in [2.75, 3.05) is 43.5 Å². The molecule has 0 unspecified atom stereocenters. The van der Waals surface area contributed by atoms with E-state index in [1.54, 1.807) is 18.2 Å². The Morgan fingerprint density at radius 1 is 0.956 bits per heavy atom. The summed E-state index contributed by atoms with van der Waals surface area (Å²) in [7, 11) is 1.63. The predicted molar refractivity (Wildman–Crippen MR) is 176 cm³/mol. The SMILES string of the molecule is COc1ccc(-c2c(C)c3cnc(Nc4ccc(N5CCN(C(=O)OC(C)(C)C)CC5)cn4)nc3n(C3CCCC3)c2=O)cc1. The van der Waals surface area contributed by atoms with Gasteiger partial charge in [0.05, 0.1) is 24.6 Å². The number of hydrogen-bond donors (Lipinski definition) is 1. The first-order valence-electron chi connectivity index (χ1n) is 15.6. The Kier molecular flexibility index (Phi) is 8.35. The lowest BCUT2D eigenvalue weighted by Crippen LogP contribution is -2.50. The number of methoxy groups -OCH3 is 1. The fraction of sp³-hybridized carbons (Fsp3) is 0.441. The van der Waals surface area contributed by atoms with Crippen molar-refractivity contribution in [3.05, 3.63) is 64.7 Å². The van der Waals surface area contributed by atoms with Crippen molar-refractivity contribution in [3.8, 4) is 16.9 Å². The molecule has 1 saturated carbocycles. The summed E-state index contributed by atoms with van der Waals surface area (Å²) in [5.41, 5.74) is 3.45. The van der Waals surface area contributed by atoms with Crippen molar-refractivity contribution in [3.63, 3.8) is 0 Å².